The first-order chi connectivity index (χ1) is 12.5. The number of pyridine rings is 1. The Hall–Kier alpha value is -3.27. The van der Waals surface area contributed by atoms with E-state index in [1.807, 2.05) is 5.32 Å². The standard InChI is InChI=1S/C16H19N5O5/c1-11-12(9-19-21(11)13-5-3-4-6-17-13)15(23)26-10-14(22)20-16(24)18-7-8-25-2/h3-6,9H,7-8,10H2,1-2H3,(H2,18,20,22,24). The summed E-state index contributed by atoms with van der Waals surface area (Å²) in [4.78, 5) is 39.3. The van der Waals surface area contributed by atoms with Crippen LogP contribution in [0, 0.1) is 6.92 Å². The van der Waals surface area contributed by atoms with Gasteiger partial charge < -0.3 is 14.8 Å². The fraction of sp³-hybridized carbons (Fsp3) is 0.312. The number of nitrogens with one attached hydrogen (secondary N) is 2. The van der Waals surface area contributed by atoms with Crippen molar-refractivity contribution in [2.45, 2.75) is 6.92 Å². The number of imide groups is 1. The molecular weight excluding hydrogens is 342 g/mol. The number of carbonyl (C=O) groups is 3. The van der Waals surface area contributed by atoms with Crippen LogP contribution in [0.1, 0.15) is 16.1 Å². The van der Waals surface area contributed by atoms with E-state index < -0.39 is 24.5 Å². The van der Waals surface area contributed by atoms with Crippen molar-refractivity contribution in [3.8, 4) is 5.82 Å². The lowest BCUT2D eigenvalue weighted by atomic mass is 10.2. The number of amides is 3. The van der Waals surface area contributed by atoms with E-state index in [9.17, 15) is 14.4 Å². The molecule has 3 amide bonds. The maximum atomic E-state index is 12.1. The molecule has 138 valence electrons. The van der Waals surface area contributed by atoms with Crippen LogP contribution in [-0.2, 0) is 14.3 Å². The van der Waals surface area contributed by atoms with Crippen LogP contribution < -0.4 is 10.6 Å². The number of esters is 1. The molecule has 10 nitrogen and oxygen atoms in total. The second-order valence-electron chi connectivity index (χ2n) is 5.12. The quantitative estimate of drug-likeness (QED) is 0.533. The van der Waals surface area contributed by atoms with Gasteiger partial charge in [0.2, 0.25) is 0 Å². The van der Waals surface area contributed by atoms with Gasteiger partial charge in [-0.05, 0) is 19.1 Å². The molecule has 2 N–H and O–H groups in total. The van der Waals surface area contributed by atoms with Gasteiger partial charge in [-0.25, -0.2) is 19.3 Å². The maximum absolute atomic E-state index is 12.1. The summed E-state index contributed by atoms with van der Waals surface area (Å²) in [6, 6.07) is 4.61. The third kappa shape index (κ3) is 5.11. The first-order valence-corrected chi connectivity index (χ1v) is 7.72. The zero-order valence-corrected chi connectivity index (χ0v) is 14.4. The molecule has 0 aliphatic carbocycles. The summed E-state index contributed by atoms with van der Waals surface area (Å²) < 4.78 is 11.2. The molecule has 0 unspecified atom stereocenters. The van der Waals surface area contributed by atoms with Gasteiger partial charge in [0.1, 0.15) is 5.56 Å². The van der Waals surface area contributed by atoms with E-state index >= 15 is 0 Å². The topological polar surface area (TPSA) is 124 Å². The van der Waals surface area contributed by atoms with Gasteiger partial charge in [-0.15, -0.1) is 0 Å². The molecule has 0 aliphatic rings. The summed E-state index contributed by atoms with van der Waals surface area (Å²) in [5.74, 6) is -0.919. The van der Waals surface area contributed by atoms with Crippen LogP contribution in [0.3, 0.4) is 0 Å². The van der Waals surface area contributed by atoms with Crippen molar-refractivity contribution in [3.63, 3.8) is 0 Å². The zero-order chi connectivity index (χ0) is 18.9. The third-order valence-electron chi connectivity index (χ3n) is 3.28. The van der Waals surface area contributed by atoms with E-state index in [2.05, 4.69) is 15.4 Å². The molecule has 0 spiro atoms. The van der Waals surface area contributed by atoms with E-state index in [1.165, 1.54) is 18.0 Å². The summed E-state index contributed by atoms with van der Waals surface area (Å²) in [6.07, 6.45) is 2.94. The van der Waals surface area contributed by atoms with Gasteiger partial charge in [0, 0.05) is 19.9 Å². The van der Waals surface area contributed by atoms with E-state index in [-0.39, 0.29) is 12.1 Å². The first-order valence-electron chi connectivity index (χ1n) is 7.72. The lowest BCUT2D eigenvalue weighted by Gasteiger charge is -2.07. The first kappa shape index (κ1) is 19.1. The Morgan fingerprint density at radius 2 is 2.08 bits per heavy atom. The second-order valence-corrected chi connectivity index (χ2v) is 5.12. The Morgan fingerprint density at radius 3 is 2.77 bits per heavy atom. The fourth-order valence-electron chi connectivity index (χ4n) is 2.00. The highest BCUT2D eigenvalue weighted by atomic mass is 16.5. The molecule has 2 aromatic rings. The van der Waals surface area contributed by atoms with Crippen molar-refractivity contribution in [3.05, 3.63) is 41.9 Å². The average Bonchev–Trinajstić information content (AvgIpc) is 3.02. The normalized spacial score (nSPS) is 10.2. The summed E-state index contributed by atoms with van der Waals surface area (Å²) in [5, 5.41) is 8.55. The highest BCUT2D eigenvalue weighted by Gasteiger charge is 2.18. The number of hydrogen-bond donors (Lipinski definition) is 2. The molecule has 2 heterocycles. The highest BCUT2D eigenvalue weighted by Crippen LogP contribution is 2.13. The molecular formula is C16H19N5O5. The van der Waals surface area contributed by atoms with Crippen molar-refractivity contribution in [1.29, 1.82) is 0 Å². The van der Waals surface area contributed by atoms with Gasteiger partial charge >= 0.3 is 12.0 Å². The van der Waals surface area contributed by atoms with Crippen LogP contribution in [0.25, 0.3) is 5.82 Å². The Balaban J connectivity index is 1.88. The smallest absolute Gasteiger partial charge is 0.342 e. The van der Waals surface area contributed by atoms with Crippen LogP contribution in [0.2, 0.25) is 0 Å². The largest absolute Gasteiger partial charge is 0.452 e. The van der Waals surface area contributed by atoms with E-state index in [4.69, 9.17) is 9.47 Å². The molecule has 0 bridgehead atoms. The SMILES string of the molecule is COCCNC(=O)NC(=O)COC(=O)c1cnn(-c2ccccn2)c1C. The van der Waals surface area contributed by atoms with Crippen LogP contribution >= 0.6 is 0 Å². The lowest BCUT2D eigenvalue weighted by Crippen LogP contribution is -2.42. The van der Waals surface area contributed by atoms with Crippen LogP contribution in [-0.4, -0.2) is 59.5 Å². The van der Waals surface area contributed by atoms with Crippen molar-refractivity contribution in [2.75, 3.05) is 26.9 Å². The summed E-state index contributed by atoms with van der Waals surface area (Å²) in [7, 11) is 1.49. The zero-order valence-electron chi connectivity index (χ0n) is 14.4. The van der Waals surface area contributed by atoms with Gasteiger partial charge in [0.15, 0.2) is 12.4 Å². The minimum atomic E-state index is -0.747. The van der Waals surface area contributed by atoms with Gasteiger partial charge in [-0.3, -0.25) is 10.1 Å². The molecule has 26 heavy (non-hydrogen) atoms. The molecule has 0 aromatic carbocycles. The van der Waals surface area contributed by atoms with E-state index in [1.54, 1.807) is 31.3 Å². The summed E-state index contributed by atoms with van der Waals surface area (Å²) >= 11 is 0. The number of carbonyl (C=O) groups excluding carboxylic acids is 3. The number of methoxy groups -OCH3 is 1. The van der Waals surface area contributed by atoms with E-state index in [0.717, 1.165) is 0 Å². The molecule has 2 aromatic heterocycles. The van der Waals surface area contributed by atoms with Crippen molar-refractivity contribution >= 4 is 17.9 Å². The summed E-state index contributed by atoms with van der Waals surface area (Å²) in [6.45, 7) is 1.66. The third-order valence-corrected chi connectivity index (χ3v) is 3.28. The van der Waals surface area contributed by atoms with Gasteiger partial charge in [0.25, 0.3) is 5.91 Å². The molecule has 2 rings (SSSR count). The van der Waals surface area contributed by atoms with Crippen molar-refractivity contribution in [1.82, 2.24) is 25.4 Å². The maximum Gasteiger partial charge on any atom is 0.342 e. The number of ether oxygens (including phenoxy) is 2. The van der Waals surface area contributed by atoms with Crippen molar-refractivity contribution < 1.29 is 23.9 Å². The van der Waals surface area contributed by atoms with Crippen molar-refractivity contribution in [2.24, 2.45) is 0 Å². The Morgan fingerprint density at radius 1 is 1.27 bits per heavy atom. The number of urea groups is 1. The van der Waals surface area contributed by atoms with Gasteiger partial charge in [-0.1, -0.05) is 6.07 Å². The second kappa shape index (κ2) is 9.28. The summed E-state index contributed by atoms with van der Waals surface area (Å²) in [5.41, 5.74) is 0.722. The number of nitrogens with zero attached hydrogens (tertiary/aromatic N) is 3. The Labute approximate surface area is 149 Å². The molecule has 0 saturated carbocycles. The number of aromatic nitrogens is 3. The molecule has 0 aliphatic heterocycles. The van der Waals surface area contributed by atoms with Crippen LogP contribution in [0.15, 0.2) is 30.6 Å². The molecule has 0 fully saturated rings. The minimum Gasteiger partial charge on any atom is -0.452 e. The minimum absolute atomic E-state index is 0.202. The van der Waals surface area contributed by atoms with Gasteiger partial charge in [0.05, 0.1) is 18.5 Å². The van der Waals surface area contributed by atoms with Crippen LogP contribution in [0.4, 0.5) is 4.79 Å². The van der Waals surface area contributed by atoms with Crippen LogP contribution in [0.5, 0.6) is 0 Å². The lowest BCUT2D eigenvalue weighted by molar-refractivity contribution is -0.123. The Bertz CT molecular complexity index is 775. The monoisotopic (exact) mass is 361 g/mol. The van der Waals surface area contributed by atoms with Gasteiger partial charge in [-0.2, -0.15) is 5.10 Å². The number of rotatable bonds is 7. The molecule has 0 saturated heterocycles. The number of hydrogen-bond acceptors (Lipinski definition) is 7. The fourth-order valence-corrected chi connectivity index (χ4v) is 2.00. The molecule has 10 heteroatoms. The predicted molar refractivity (Wildman–Crippen MR) is 89.8 cm³/mol. The highest BCUT2D eigenvalue weighted by molar-refractivity contribution is 5.97. The molecule has 0 radical (unpaired) electrons. The predicted octanol–water partition coefficient (Wildman–Crippen LogP) is 0.205. The molecule has 0 atom stereocenters. The average molecular weight is 361 g/mol. The van der Waals surface area contributed by atoms with E-state index in [0.29, 0.717) is 18.1 Å². The Kier molecular flexibility index (Phi) is 6.80.